The summed E-state index contributed by atoms with van der Waals surface area (Å²) in [4.78, 5) is 4.65. The van der Waals surface area contributed by atoms with Crippen LogP contribution in [-0.2, 0) is 13.2 Å². The van der Waals surface area contributed by atoms with Gasteiger partial charge >= 0.3 is 0 Å². The Morgan fingerprint density at radius 1 is 1.14 bits per heavy atom. The SMILES string of the molecule is C=CCn1c(COc2cccc(OC)c2)nc2ccccc21. The minimum absolute atomic E-state index is 0.398. The lowest BCUT2D eigenvalue weighted by Gasteiger charge is -2.09. The lowest BCUT2D eigenvalue weighted by Crippen LogP contribution is -2.06. The van der Waals surface area contributed by atoms with E-state index in [9.17, 15) is 0 Å². The maximum Gasteiger partial charge on any atom is 0.148 e. The van der Waals surface area contributed by atoms with E-state index >= 15 is 0 Å². The van der Waals surface area contributed by atoms with Crippen molar-refractivity contribution >= 4 is 11.0 Å². The summed E-state index contributed by atoms with van der Waals surface area (Å²) >= 11 is 0. The number of hydrogen-bond donors (Lipinski definition) is 0. The second-order valence-electron chi connectivity index (χ2n) is 4.88. The number of rotatable bonds is 6. The summed E-state index contributed by atoms with van der Waals surface area (Å²) in [6, 6.07) is 15.6. The molecular weight excluding hydrogens is 276 g/mol. The molecule has 112 valence electrons. The lowest BCUT2D eigenvalue weighted by atomic mass is 10.3. The van der Waals surface area contributed by atoms with Crippen LogP contribution in [0.1, 0.15) is 5.82 Å². The summed E-state index contributed by atoms with van der Waals surface area (Å²) in [5.41, 5.74) is 2.06. The molecule has 4 nitrogen and oxygen atoms in total. The van der Waals surface area contributed by atoms with Crippen LogP contribution in [0.15, 0.2) is 61.2 Å². The Labute approximate surface area is 129 Å². The average molecular weight is 294 g/mol. The van der Waals surface area contributed by atoms with Gasteiger partial charge in [-0.05, 0) is 24.3 Å². The second-order valence-corrected chi connectivity index (χ2v) is 4.88. The summed E-state index contributed by atoms with van der Waals surface area (Å²) in [6.07, 6.45) is 1.86. The summed E-state index contributed by atoms with van der Waals surface area (Å²) in [6.45, 7) is 4.92. The predicted octanol–water partition coefficient (Wildman–Crippen LogP) is 3.81. The lowest BCUT2D eigenvalue weighted by molar-refractivity contribution is 0.289. The van der Waals surface area contributed by atoms with Crippen molar-refractivity contribution in [2.75, 3.05) is 7.11 Å². The topological polar surface area (TPSA) is 36.3 Å². The molecule has 0 aliphatic heterocycles. The molecule has 0 aliphatic carbocycles. The van der Waals surface area contributed by atoms with Gasteiger partial charge in [0.15, 0.2) is 0 Å². The predicted molar refractivity (Wildman–Crippen MR) is 87.3 cm³/mol. The highest BCUT2D eigenvalue weighted by Gasteiger charge is 2.10. The van der Waals surface area contributed by atoms with E-state index in [0.29, 0.717) is 13.2 Å². The molecule has 2 aromatic carbocycles. The normalized spacial score (nSPS) is 10.6. The number of benzene rings is 2. The Kier molecular flexibility index (Phi) is 4.10. The summed E-state index contributed by atoms with van der Waals surface area (Å²) < 4.78 is 13.2. The maximum absolute atomic E-state index is 5.85. The number of allylic oxidation sites excluding steroid dienone is 1. The van der Waals surface area contributed by atoms with Crippen LogP contribution in [0.3, 0.4) is 0 Å². The van der Waals surface area contributed by atoms with Crippen LogP contribution in [0.5, 0.6) is 11.5 Å². The third-order valence-electron chi connectivity index (χ3n) is 3.45. The van der Waals surface area contributed by atoms with Gasteiger partial charge in [-0.15, -0.1) is 6.58 Å². The Hall–Kier alpha value is -2.75. The number of hydrogen-bond acceptors (Lipinski definition) is 3. The van der Waals surface area contributed by atoms with Crippen molar-refractivity contribution in [2.45, 2.75) is 13.2 Å². The molecule has 0 N–H and O–H groups in total. The molecule has 0 saturated heterocycles. The van der Waals surface area contributed by atoms with Gasteiger partial charge in [-0.3, -0.25) is 0 Å². The van der Waals surface area contributed by atoms with Gasteiger partial charge in [0.05, 0.1) is 18.1 Å². The van der Waals surface area contributed by atoms with Crippen molar-refractivity contribution in [3.8, 4) is 11.5 Å². The van der Waals surface area contributed by atoms with E-state index < -0.39 is 0 Å². The van der Waals surface area contributed by atoms with Gasteiger partial charge in [-0.25, -0.2) is 4.98 Å². The van der Waals surface area contributed by atoms with Gasteiger partial charge in [-0.1, -0.05) is 24.3 Å². The van der Waals surface area contributed by atoms with E-state index in [1.807, 2.05) is 48.5 Å². The van der Waals surface area contributed by atoms with Gasteiger partial charge in [0.25, 0.3) is 0 Å². The van der Waals surface area contributed by atoms with E-state index in [-0.39, 0.29) is 0 Å². The van der Waals surface area contributed by atoms with Gasteiger partial charge in [0.1, 0.15) is 23.9 Å². The molecule has 0 bridgehead atoms. The number of methoxy groups -OCH3 is 1. The van der Waals surface area contributed by atoms with Crippen molar-refractivity contribution in [1.29, 1.82) is 0 Å². The molecule has 0 amide bonds. The standard InChI is InChI=1S/C18H18N2O2/c1-3-11-20-17-10-5-4-9-16(17)19-18(20)13-22-15-8-6-7-14(12-15)21-2/h3-10,12H,1,11,13H2,2H3. The highest BCUT2D eigenvalue weighted by atomic mass is 16.5. The van der Waals surface area contributed by atoms with Gasteiger partial charge in [0, 0.05) is 12.6 Å². The van der Waals surface area contributed by atoms with E-state index in [2.05, 4.69) is 22.2 Å². The van der Waals surface area contributed by atoms with Crippen molar-refractivity contribution in [2.24, 2.45) is 0 Å². The Morgan fingerprint density at radius 3 is 2.77 bits per heavy atom. The zero-order chi connectivity index (χ0) is 15.4. The molecule has 3 rings (SSSR count). The fourth-order valence-corrected chi connectivity index (χ4v) is 2.41. The minimum Gasteiger partial charge on any atom is -0.497 e. The number of imidazole rings is 1. The number of aromatic nitrogens is 2. The van der Waals surface area contributed by atoms with E-state index in [1.54, 1.807) is 7.11 Å². The van der Waals surface area contributed by atoms with Crippen molar-refractivity contribution in [1.82, 2.24) is 9.55 Å². The van der Waals surface area contributed by atoms with E-state index in [0.717, 1.165) is 28.4 Å². The molecule has 22 heavy (non-hydrogen) atoms. The van der Waals surface area contributed by atoms with Gasteiger partial charge in [0.2, 0.25) is 0 Å². The van der Waals surface area contributed by atoms with Crippen molar-refractivity contribution < 1.29 is 9.47 Å². The molecule has 0 spiro atoms. The highest BCUT2D eigenvalue weighted by Crippen LogP contribution is 2.21. The van der Waals surface area contributed by atoms with Crippen LogP contribution in [0.25, 0.3) is 11.0 Å². The van der Waals surface area contributed by atoms with Crippen LogP contribution in [0.4, 0.5) is 0 Å². The number of ether oxygens (including phenoxy) is 2. The zero-order valence-corrected chi connectivity index (χ0v) is 12.5. The highest BCUT2D eigenvalue weighted by molar-refractivity contribution is 5.75. The summed E-state index contributed by atoms with van der Waals surface area (Å²) in [7, 11) is 1.64. The average Bonchev–Trinajstić information content (AvgIpc) is 2.91. The first kappa shape index (κ1) is 14.2. The molecule has 3 aromatic rings. The Bertz CT molecular complexity index is 793. The smallest absolute Gasteiger partial charge is 0.148 e. The maximum atomic E-state index is 5.85. The van der Waals surface area contributed by atoms with Crippen LogP contribution in [0, 0.1) is 0 Å². The fraction of sp³-hybridized carbons (Fsp3) is 0.167. The molecule has 4 heteroatoms. The second kappa shape index (κ2) is 6.35. The third kappa shape index (κ3) is 2.81. The van der Waals surface area contributed by atoms with E-state index in [4.69, 9.17) is 9.47 Å². The molecular formula is C18H18N2O2. The molecule has 0 atom stereocenters. The largest absolute Gasteiger partial charge is 0.497 e. The van der Waals surface area contributed by atoms with E-state index in [1.165, 1.54) is 0 Å². The van der Waals surface area contributed by atoms with Crippen molar-refractivity contribution in [3.63, 3.8) is 0 Å². The van der Waals surface area contributed by atoms with Crippen molar-refractivity contribution in [3.05, 3.63) is 67.0 Å². The quantitative estimate of drug-likeness (QED) is 0.649. The summed E-state index contributed by atoms with van der Waals surface area (Å²) in [5, 5.41) is 0. The first-order valence-electron chi connectivity index (χ1n) is 7.13. The molecule has 0 radical (unpaired) electrons. The molecule has 0 fully saturated rings. The first-order chi connectivity index (χ1) is 10.8. The summed E-state index contributed by atoms with van der Waals surface area (Å²) in [5.74, 6) is 2.41. The number of para-hydroxylation sites is 2. The van der Waals surface area contributed by atoms with Crippen LogP contribution < -0.4 is 9.47 Å². The first-order valence-corrected chi connectivity index (χ1v) is 7.13. The minimum atomic E-state index is 0.398. The molecule has 0 saturated carbocycles. The number of fused-ring (bicyclic) bond motifs is 1. The monoisotopic (exact) mass is 294 g/mol. The molecule has 1 aromatic heterocycles. The van der Waals surface area contributed by atoms with Gasteiger partial charge in [-0.2, -0.15) is 0 Å². The zero-order valence-electron chi connectivity index (χ0n) is 12.5. The van der Waals surface area contributed by atoms with Crippen LogP contribution >= 0.6 is 0 Å². The van der Waals surface area contributed by atoms with Gasteiger partial charge < -0.3 is 14.0 Å². The van der Waals surface area contributed by atoms with Crippen LogP contribution in [0.2, 0.25) is 0 Å². The molecule has 1 heterocycles. The Morgan fingerprint density at radius 2 is 1.95 bits per heavy atom. The Balaban J connectivity index is 1.86. The van der Waals surface area contributed by atoms with Crippen LogP contribution in [-0.4, -0.2) is 16.7 Å². The third-order valence-corrected chi connectivity index (χ3v) is 3.45. The molecule has 0 unspecified atom stereocenters. The number of nitrogens with zero attached hydrogens (tertiary/aromatic N) is 2. The molecule has 0 aliphatic rings. The fourth-order valence-electron chi connectivity index (χ4n) is 2.41.